The molecule has 0 unspecified atom stereocenters. The molecule has 0 aliphatic carbocycles. The number of methoxy groups -OCH3 is 2. The number of benzene rings is 1. The van der Waals surface area contributed by atoms with E-state index in [0.717, 1.165) is 0 Å². The lowest BCUT2D eigenvalue weighted by Crippen LogP contribution is -2.13. The van der Waals surface area contributed by atoms with Gasteiger partial charge in [-0.05, 0) is 6.07 Å². The van der Waals surface area contributed by atoms with Gasteiger partial charge < -0.3 is 14.2 Å². The molecule has 0 atom stereocenters. The summed E-state index contributed by atoms with van der Waals surface area (Å²) in [5, 5.41) is 10.6. The first-order chi connectivity index (χ1) is 8.15. The Bertz CT molecular complexity index is 495. The van der Waals surface area contributed by atoms with Crippen LogP contribution in [0.3, 0.4) is 0 Å². The van der Waals surface area contributed by atoms with Crippen molar-refractivity contribution >= 4 is 6.08 Å². The summed E-state index contributed by atoms with van der Waals surface area (Å²) in [5.41, 5.74) is 0.630. The smallest absolute Gasteiger partial charge is 0.284 e. The van der Waals surface area contributed by atoms with Crippen molar-refractivity contribution < 1.29 is 19.1 Å². The number of ether oxygens (including phenoxy) is 3. The van der Waals surface area contributed by atoms with Gasteiger partial charge in [0, 0.05) is 17.7 Å². The van der Waals surface area contributed by atoms with Crippen LogP contribution in [0.4, 0.5) is 0 Å². The molecule has 0 spiro atoms. The molecule has 0 amide bonds. The number of nitro groups is 1. The quantitative estimate of drug-likeness (QED) is 0.591. The molecular formula is C11H11NO5. The number of fused-ring (bicyclic) bond motifs is 1. The first kappa shape index (κ1) is 11.3. The summed E-state index contributed by atoms with van der Waals surface area (Å²) in [4.78, 5) is 10.2. The van der Waals surface area contributed by atoms with Crippen molar-refractivity contribution in [3.8, 4) is 17.2 Å². The average Bonchev–Trinajstić information content (AvgIpc) is 2.36. The van der Waals surface area contributed by atoms with E-state index in [2.05, 4.69) is 0 Å². The molecule has 0 radical (unpaired) electrons. The van der Waals surface area contributed by atoms with Gasteiger partial charge >= 0.3 is 0 Å². The van der Waals surface area contributed by atoms with Gasteiger partial charge in [0.05, 0.1) is 19.1 Å². The largest absolute Gasteiger partial charge is 0.493 e. The van der Waals surface area contributed by atoms with Crippen LogP contribution in [0.15, 0.2) is 17.8 Å². The van der Waals surface area contributed by atoms with Crippen LogP contribution in [-0.2, 0) is 0 Å². The van der Waals surface area contributed by atoms with Crippen LogP contribution in [-0.4, -0.2) is 25.7 Å². The Balaban J connectivity index is 2.49. The Morgan fingerprint density at radius 1 is 1.29 bits per heavy atom. The zero-order valence-electron chi connectivity index (χ0n) is 9.43. The highest BCUT2D eigenvalue weighted by atomic mass is 16.6. The molecule has 0 fully saturated rings. The van der Waals surface area contributed by atoms with Gasteiger partial charge in [-0.1, -0.05) is 0 Å². The zero-order valence-corrected chi connectivity index (χ0v) is 9.43. The first-order valence-corrected chi connectivity index (χ1v) is 4.89. The first-order valence-electron chi connectivity index (χ1n) is 4.89. The molecule has 1 aliphatic rings. The van der Waals surface area contributed by atoms with Crippen molar-refractivity contribution in [2.45, 2.75) is 0 Å². The SMILES string of the molecule is COc1cc2c(cc1OC)OCC([N+](=O)[O-])=C2. The molecule has 6 heteroatoms. The minimum absolute atomic E-state index is 0.0183. The van der Waals surface area contributed by atoms with Crippen LogP contribution in [0.25, 0.3) is 6.08 Å². The molecule has 0 saturated heterocycles. The highest BCUT2D eigenvalue weighted by Crippen LogP contribution is 2.37. The highest BCUT2D eigenvalue weighted by molar-refractivity contribution is 5.65. The highest BCUT2D eigenvalue weighted by Gasteiger charge is 2.21. The predicted octanol–water partition coefficient (Wildman–Crippen LogP) is 1.71. The Kier molecular flexibility index (Phi) is 2.86. The fourth-order valence-corrected chi connectivity index (χ4v) is 1.59. The summed E-state index contributed by atoms with van der Waals surface area (Å²) < 4.78 is 15.5. The Hall–Kier alpha value is -2.24. The molecular weight excluding hydrogens is 226 g/mol. The van der Waals surface area contributed by atoms with Crippen molar-refractivity contribution in [3.05, 3.63) is 33.5 Å². The van der Waals surface area contributed by atoms with E-state index in [4.69, 9.17) is 14.2 Å². The van der Waals surface area contributed by atoms with Gasteiger partial charge in [0.2, 0.25) is 0 Å². The van der Waals surface area contributed by atoms with Crippen molar-refractivity contribution in [2.75, 3.05) is 20.8 Å². The van der Waals surface area contributed by atoms with Crippen molar-refractivity contribution in [3.63, 3.8) is 0 Å². The number of nitrogens with zero attached hydrogens (tertiary/aromatic N) is 1. The molecule has 1 aliphatic heterocycles. The fourth-order valence-electron chi connectivity index (χ4n) is 1.59. The topological polar surface area (TPSA) is 70.8 Å². The minimum Gasteiger partial charge on any atom is -0.493 e. The Morgan fingerprint density at radius 3 is 2.53 bits per heavy atom. The van der Waals surface area contributed by atoms with E-state index < -0.39 is 4.92 Å². The molecule has 1 aromatic rings. The van der Waals surface area contributed by atoms with Crippen LogP contribution >= 0.6 is 0 Å². The lowest BCUT2D eigenvalue weighted by atomic mass is 10.1. The van der Waals surface area contributed by atoms with Gasteiger partial charge in [0.15, 0.2) is 18.1 Å². The summed E-state index contributed by atoms with van der Waals surface area (Å²) >= 11 is 0. The van der Waals surface area contributed by atoms with E-state index in [1.54, 1.807) is 12.1 Å². The van der Waals surface area contributed by atoms with Gasteiger partial charge in [0.25, 0.3) is 5.70 Å². The van der Waals surface area contributed by atoms with Crippen molar-refractivity contribution in [1.29, 1.82) is 0 Å². The second-order valence-corrected chi connectivity index (χ2v) is 3.43. The third kappa shape index (κ3) is 2.01. The number of hydrogen-bond donors (Lipinski definition) is 0. The minimum atomic E-state index is -0.459. The van der Waals surface area contributed by atoms with E-state index in [1.807, 2.05) is 0 Å². The van der Waals surface area contributed by atoms with E-state index >= 15 is 0 Å². The van der Waals surface area contributed by atoms with Gasteiger partial charge in [-0.2, -0.15) is 0 Å². The van der Waals surface area contributed by atoms with Crippen LogP contribution in [0.1, 0.15) is 5.56 Å². The lowest BCUT2D eigenvalue weighted by molar-refractivity contribution is -0.427. The monoisotopic (exact) mass is 237 g/mol. The lowest BCUT2D eigenvalue weighted by Gasteiger charge is -2.16. The Labute approximate surface area is 97.6 Å². The molecule has 0 aromatic heterocycles. The summed E-state index contributed by atoms with van der Waals surface area (Å²) in [7, 11) is 3.03. The number of rotatable bonds is 3. The summed E-state index contributed by atoms with van der Waals surface area (Å²) in [6.07, 6.45) is 1.47. The van der Waals surface area contributed by atoms with Crippen LogP contribution < -0.4 is 14.2 Å². The van der Waals surface area contributed by atoms with Crippen LogP contribution in [0, 0.1) is 10.1 Å². The van der Waals surface area contributed by atoms with Crippen molar-refractivity contribution in [1.82, 2.24) is 0 Å². The van der Waals surface area contributed by atoms with Gasteiger partial charge in [-0.15, -0.1) is 0 Å². The molecule has 1 heterocycles. The van der Waals surface area contributed by atoms with E-state index in [-0.39, 0.29) is 12.3 Å². The van der Waals surface area contributed by atoms with Gasteiger partial charge in [-0.3, -0.25) is 10.1 Å². The second-order valence-electron chi connectivity index (χ2n) is 3.43. The molecule has 1 aromatic carbocycles. The average molecular weight is 237 g/mol. The van der Waals surface area contributed by atoms with Gasteiger partial charge in [-0.25, -0.2) is 0 Å². The molecule has 2 rings (SSSR count). The second kappa shape index (κ2) is 4.32. The molecule has 90 valence electrons. The normalized spacial score (nSPS) is 13.2. The van der Waals surface area contributed by atoms with Gasteiger partial charge in [0.1, 0.15) is 5.75 Å². The third-order valence-electron chi connectivity index (χ3n) is 2.45. The molecule has 0 N–H and O–H groups in total. The van der Waals surface area contributed by atoms with Crippen molar-refractivity contribution in [2.24, 2.45) is 0 Å². The van der Waals surface area contributed by atoms with Crippen LogP contribution in [0.2, 0.25) is 0 Å². The molecule has 0 saturated carbocycles. The molecule has 17 heavy (non-hydrogen) atoms. The van der Waals surface area contributed by atoms with Crippen LogP contribution in [0.5, 0.6) is 17.2 Å². The maximum atomic E-state index is 10.6. The summed E-state index contributed by atoms with van der Waals surface area (Å²) in [6, 6.07) is 3.30. The Morgan fingerprint density at radius 2 is 1.94 bits per heavy atom. The van der Waals surface area contributed by atoms with E-state index in [1.165, 1.54) is 20.3 Å². The molecule has 6 nitrogen and oxygen atoms in total. The standard InChI is InChI=1S/C11H11NO5/c1-15-10-4-7-3-8(12(13)14)6-17-9(7)5-11(10)16-2/h3-5H,6H2,1-2H3. The van der Waals surface area contributed by atoms with E-state index in [9.17, 15) is 10.1 Å². The predicted molar refractivity (Wildman–Crippen MR) is 60.0 cm³/mol. The van der Waals surface area contributed by atoms with E-state index in [0.29, 0.717) is 22.8 Å². The third-order valence-corrected chi connectivity index (χ3v) is 2.45. The molecule has 0 bridgehead atoms. The summed E-state index contributed by atoms with van der Waals surface area (Å²) in [5.74, 6) is 1.59. The maximum Gasteiger partial charge on any atom is 0.284 e. The summed E-state index contributed by atoms with van der Waals surface area (Å²) in [6.45, 7) is -0.0461. The number of hydrogen-bond acceptors (Lipinski definition) is 5. The fraction of sp³-hybridized carbons (Fsp3) is 0.273. The zero-order chi connectivity index (χ0) is 12.4. The maximum absolute atomic E-state index is 10.6.